The van der Waals surface area contributed by atoms with Crippen LogP contribution >= 0.6 is 24.0 Å². The highest BCUT2D eigenvalue weighted by Gasteiger charge is 2.25. The Morgan fingerprint density at radius 1 is 1.32 bits per heavy atom. The van der Waals surface area contributed by atoms with Crippen molar-refractivity contribution in [1.82, 2.24) is 15.5 Å². The second-order valence-electron chi connectivity index (χ2n) is 5.59. The fourth-order valence-corrected chi connectivity index (χ4v) is 2.75. The molecule has 0 radical (unpaired) electrons. The van der Waals surface area contributed by atoms with Gasteiger partial charge in [-0.2, -0.15) is 0 Å². The molecule has 22 heavy (non-hydrogen) atoms. The summed E-state index contributed by atoms with van der Waals surface area (Å²) in [6.07, 6.45) is 3.64. The van der Waals surface area contributed by atoms with Crippen LogP contribution < -0.4 is 10.6 Å². The fraction of sp³-hybridized carbons (Fsp3) is 0.688. The minimum Gasteiger partial charge on any atom is -0.465 e. The Bertz CT molecular complexity index is 455. The monoisotopic (exact) mass is 420 g/mol. The molecular weight excluding hydrogens is 391 g/mol. The van der Waals surface area contributed by atoms with Crippen LogP contribution in [0.2, 0.25) is 0 Å². The number of likely N-dealkylation sites (tertiary alicyclic amines) is 1. The lowest BCUT2D eigenvalue weighted by atomic mass is 10.2. The van der Waals surface area contributed by atoms with Crippen molar-refractivity contribution < 1.29 is 4.42 Å². The van der Waals surface area contributed by atoms with E-state index in [-0.39, 0.29) is 30.0 Å². The summed E-state index contributed by atoms with van der Waals surface area (Å²) < 4.78 is 5.86. The predicted molar refractivity (Wildman–Crippen MR) is 102 cm³/mol. The number of halogens is 1. The summed E-state index contributed by atoms with van der Waals surface area (Å²) in [7, 11) is 1.81. The molecular formula is C16H29IN4O. The number of aliphatic imine (C=N–C) groups is 1. The first-order valence-electron chi connectivity index (χ1n) is 7.99. The molecule has 2 N–H and O–H groups in total. The molecule has 5 nitrogen and oxygen atoms in total. The van der Waals surface area contributed by atoms with Gasteiger partial charge in [-0.05, 0) is 51.4 Å². The highest BCUT2D eigenvalue weighted by Crippen LogP contribution is 2.25. The lowest BCUT2D eigenvalue weighted by Gasteiger charge is -2.26. The number of nitrogens with zero attached hydrogens (tertiary/aromatic N) is 2. The van der Waals surface area contributed by atoms with E-state index in [4.69, 9.17) is 4.42 Å². The minimum absolute atomic E-state index is 0. The highest BCUT2D eigenvalue weighted by molar-refractivity contribution is 14.0. The van der Waals surface area contributed by atoms with Crippen molar-refractivity contribution in [3.63, 3.8) is 0 Å². The van der Waals surface area contributed by atoms with E-state index in [1.165, 1.54) is 12.8 Å². The number of furan rings is 1. The van der Waals surface area contributed by atoms with Gasteiger partial charge in [-0.15, -0.1) is 24.0 Å². The maximum absolute atomic E-state index is 5.86. The molecule has 0 aromatic carbocycles. The van der Waals surface area contributed by atoms with E-state index in [0.717, 1.165) is 50.1 Å². The Kier molecular flexibility index (Phi) is 8.85. The third kappa shape index (κ3) is 5.46. The molecule has 0 saturated carbocycles. The summed E-state index contributed by atoms with van der Waals surface area (Å²) in [5.41, 5.74) is 0. The van der Waals surface area contributed by atoms with Gasteiger partial charge in [0.1, 0.15) is 11.5 Å². The molecule has 1 aromatic rings. The Morgan fingerprint density at radius 2 is 2.05 bits per heavy atom. The number of hydrogen-bond acceptors (Lipinski definition) is 3. The highest BCUT2D eigenvalue weighted by atomic mass is 127. The molecule has 1 unspecified atom stereocenters. The molecule has 1 fully saturated rings. The SMILES string of the molecule is CCCNC(=NC)NCC(c1ccc(C)o1)N1CCCC1.I. The molecule has 0 amide bonds. The van der Waals surface area contributed by atoms with E-state index in [9.17, 15) is 0 Å². The first kappa shape index (κ1) is 19.3. The van der Waals surface area contributed by atoms with Crippen LogP contribution in [0.25, 0.3) is 0 Å². The van der Waals surface area contributed by atoms with Gasteiger partial charge in [0.2, 0.25) is 0 Å². The van der Waals surface area contributed by atoms with Crippen LogP contribution in [0, 0.1) is 6.92 Å². The van der Waals surface area contributed by atoms with Crippen molar-refractivity contribution in [2.24, 2.45) is 4.99 Å². The summed E-state index contributed by atoms with van der Waals surface area (Å²) in [5.74, 6) is 2.89. The molecule has 1 aliphatic heterocycles. The van der Waals surface area contributed by atoms with Gasteiger partial charge in [0, 0.05) is 20.1 Å². The summed E-state index contributed by atoms with van der Waals surface area (Å²) in [5, 5.41) is 6.74. The van der Waals surface area contributed by atoms with Crippen LogP contribution in [0.3, 0.4) is 0 Å². The molecule has 0 aliphatic carbocycles. The van der Waals surface area contributed by atoms with Gasteiger partial charge in [0.05, 0.1) is 6.04 Å². The topological polar surface area (TPSA) is 52.8 Å². The summed E-state index contributed by atoms with van der Waals surface area (Å²) in [6, 6.07) is 4.42. The molecule has 2 heterocycles. The average Bonchev–Trinajstić information content (AvgIpc) is 3.15. The lowest BCUT2D eigenvalue weighted by molar-refractivity contribution is 0.213. The number of guanidine groups is 1. The second-order valence-corrected chi connectivity index (χ2v) is 5.59. The zero-order chi connectivity index (χ0) is 15.1. The summed E-state index contributed by atoms with van der Waals surface area (Å²) in [6.45, 7) is 8.20. The standard InChI is InChI=1S/C16H28N4O.HI/c1-4-9-18-16(17-3)19-12-14(20-10-5-6-11-20)15-8-7-13(2)21-15;/h7-8,14H,4-6,9-12H2,1-3H3,(H2,17,18,19);1H. The quantitative estimate of drug-likeness (QED) is 0.422. The number of hydrogen-bond donors (Lipinski definition) is 2. The Hall–Kier alpha value is -0.760. The normalized spacial score (nSPS) is 17.1. The fourth-order valence-electron chi connectivity index (χ4n) is 2.75. The van der Waals surface area contributed by atoms with E-state index in [1.807, 2.05) is 20.0 Å². The zero-order valence-electron chi connectivity index (χ0n) is 13.9. The molecule has 1 aliphatic rings. The Balaban J connectivity index is 0.00000242. The van der Waals surface area contributed by atoms with E-state index in [0.29, 0.717) is 0 Å². The maximum Gasteiger partial charge on any atom is 0.191 e. The number of nitrogens with one attached hydrogen (secondary N) is 2. The van der Waals surface area contributed by atoms with Crippen LogP contribution in [0.15, 0.2) is 21.5 Å². The van der Waals surface area contributed by atoms with E-state index >= 15 is 0 Å². The van der Waals surface area contributed by atoms with Gasteiger partial charge in [0.15, 0.2) is 5.96 Å². The largest absolute Gasteiger partial charge is 0.465 e. The van der Waals surface area contributed by atoms with Gasteiger partial charge in [-0.1, -0.05) is 6.92 Å². The van der Waals surface area contributed by atoms with Crippen LogP contribution in [0.5, 0.6) is 0 Å². The van der Waals surface area contributed by atoms with Crippen molar-refractivity contribution in [2.45, 2.75) is 39.2 Å². The van der Waals surface area contributed by atoms with Crippen molar-refractivity contribution in [3.8, 4) is 0 Å². The molecule has 1 aromatic heterocycles. The average molecular weight is 420 g/mol. The van der Waals surface area contributed by atoms with Crippen LogP contribution in [0.1, 0.15) is 43.7 Å². The molecule has 2 rings (SSSR count). The molecule has 0 spiro atoms. The van der Waals surface area contributed by atoms with Gasteiger partial charge < -0.3 is 15.1 Å². The van der Waals surface area contributed by atoms with Crippen molar-refractivity contribution >= 4 is 29.9 Å². The third-order valence-corrected chi connectivity index (χ3v) is 3.90. The van der Waals surface area contributed by atoms with Gasteiger partial charge in [0.25, 0.3) is 0 Å². The minimum atomic E-state index is 0. The van der Waals surface area contributed by atoms with E-state index in [1.54, 1.807) is 0 Å². The summed E-state index contributed by atoms with van der Waals surface area (Å²) >= 11 is 0. The molecule has 126 valence electrons. The van der Waals surface area contributed by atoms with E-state index < -0.39 is 0 Å². The Labute approximate surface area is 150 Å². The van der Waals surface area contributed by atoms with Crippen LogP contribution in [-0.4, -0.2) is 44.1 Å². The Morgan fingerprint density at radius 3 is 2.59 bits per heavy atom. The van der Waals surface area contributed by atoms with Crippen LogP contribution in [0.4, 0.5) is 0 Å². The van der Waals surface area contributed by atoms with Crippen molar-refractivity contribution in [3.05, 3.63) is 23.7 Å². The molecule has 1 saturated heterocycles. The van der Waals surface area contributed by atoms with Gasteiger partial charge >= 0.3 is 0 Å². The molecule has 6 heteroatoms. The zero-order valence-corrected chi connectivity index (χ0v) is 16.2. The number of aryl methyl sites for hydroxylation is 1. The lowest BCUT2D eigenvalue weighted by Crippen LogP contribution is -2.42. The maximum atomic E-state index is 5.86. The third-order valence-electron chi connectivity index (χ3n) is 3.90. The van der Waals surface area contributed by atoms with Crippen molar-refractivity contribution in [1.29, 1.82) is 0 Å². The molecule has 1 atom stereocenters. The molecule has 0 bridgehead atoms. The number of rotatable bonds is 6. The second kappa shape index (κ2) is 10.1. The summed E-state index contributed by atoms with van der Waals surface area (Å²) in [4.78, 5) is 6.77. The predicted octanol–water partition coefficient (Wildman–Crippen LogP) is 2.92. The first-order chi connectivity index (χ1) is 10.2. The van der Waals surface area contributed by atoms with Crippen LogP contribution in [-0.2, 0) is 0 Å². The van der Waals surface area contributed by atoms with Crippen molar-refractivity contribution in [2.75, 3.05) is 33.2 Å². The first-order valence-corrected chi connectivity index (χ1v) is 7.99. The van der Waals surface area contributed by atoms with Gasteiger partial charge in [-0.25, -0.2) is 0 Å². The van der Waals surface area contributed by atoms with Gasteiger partial charge in [-0.3, -0.25) is 9.89 Å². The smallest absolute Gasteiger partial charge is 0.191 e. The van der Waals surface area contributed by atoms with E-state index in [2.05, 4.69) is 33.5 Å².